The van der Waals surface area contributed by atoms with Crippen LogP contribution in [0.25, 0.3) is 5.69 Å². The Balaban J connectivity index is 1.64. The van der Waals surface area contributed by atoms with E-state index in [1.54, 1.807) is 0 Å². The molecule has 2 unspecified atom stereocenters. The summed E-state index contributed by atoms with van der Waals surface area (Å²) in [7, 11) is 0. The number of nitrogens with one attached hydrogen (secondary N) is 1. The summed E-state index contributed by atoms with van der Waals surface area (Å²) in [5.41, 5.74) is 7.93. The zero-order valence-electron chi connectivity index (χ0n) is 19.4. The first-order valence-corrected chi connectivity index (χ1v) is 12.0. The summed E-state index contributed by atoms with van der Waals surface area (Å²) in [6.07, 6.45) is 5.48. The van der Waals surface area contributed by atoms with Gasteiger partial charge in [-0.3, -0.25) is 9.97 Å². The first kappa shape index (κ1) is 22.6. The molecule has 172 valence electrons. The monoisotopic (exact) mass is 487 g/mol. The van der Waals surface area contributed by atoms with Gasteiger partial charge in [0, 0.05) is 47.2 Å². The fourth-order valence-electron chi connectivity index (χ4n) is 4.88. The third-order valence-corrected chi connectivity index (χ3v) is 7.09. The molecule has 0 radical (unpaired) electrons. The maximum Gasteiger partial charge on any atom is 0.170 e. The molecule has 5 nitrogen and oxygen atoms in total. The highest BCUT2D eigenvalue weighted by Crippen LogP contribution is 2.42. The Morgan fingerprint density at radius 3 is 2.53 bits per heavy atom. The van der Waals surface area contributed by atoms with Crippen molar-refractivity contribution < 1.29 is 0 Å². The topological polar surface area (TPSA) is 46.0 Å². The molecule has 3 aromatic heterocycles. The molecule has 0 spiro atoms. The highest BCUT2D eigenvalue weighted by Gasteiger charge is 2.41. The molecule has 1 saturated heterocycles. The van der Waals surface area contributed by atoms with E-state index < -0.39 is 0 Å². The average Bonchev–Trinajstić information content (AvgIpc) is 3.31. The molecular formula is C27H26ClN5S. The van der Waals surface area contributed by atoms with Gasteiger partial charge in [0.2, 0.25) is 0 Å². The molecule has 4 heterocycles. The van der Waals surface area contributed by atoms with Crippen LogP contribution in [0.2, 0.25) is 5.02 Å². The minimum absolute atomic E-state index is 0.0185. The van der Waals surface area contributed by atoms with Gasteiger partial charge in [-0.15, -0.1) is 0 Å². The molecule has 1 N–H and O–H groups in total. The molecule has 5 rings (SSSR count). The van der Waals surface area contributed by atoms with Gasteiger partial charge in [0.1, 0.15) is 0 Å². The summed E-state index contributed by atoms with van der Waals surface area (Å²) in [5, 5.41) is 5.00. The lowest BCUT2D eigenvalue weighted by molar-refractivity contribution is 0.310. The Kier molecular flexibility index (Phi) is 6.11. The van der Waals surface area contributed by atoms with Crippen LogP contribution in [0.4, 0.5) is 0 Å². The molecule has 1 aliphatic rings. The van der Waals surface area contributed by atoms with Crippen molar-refractivity contribution in [3.63, 3.8) is 0 Å². The fraction of sp³-hybridized carbons (Fsp3) is 0.222. The largest absolute Gasteiger partial charge is 0.352 e. The van der Waals surface area contributed by atoms with Crippen LogP contribution in [0.15, 0.2) is 73.2 Å². The highest BCUT2D eigenvalue weighted by molar-refractivity contribution is 7.80. The standard InChI is InChI=1S/C27H26ClN5S/c1-17-7-8-21(28)15-24(17)33-18(2)14-22(19(33)3)26-25(23-6-4-5-11-30-23)31-27(34)32(26)16-20-9-12-29-13-10-20/h4-15,25-26H,16H2,1-3H3,(H,31,34). The number of halogens is 1. The van der Waals surface area contributed by atoms with Crippen LogP contribution in [-0.4, -0.2) is 24.5 Å². The zero-order valence-corrected chi connectivity index (χ0v) is 20.9. The van der Waals surface area contributed by atoms with Crippen molar-refractivity contribution in [1.82, 2.24) is 24.8 Å². The van der Waals surface area contributed by atoms with Crippen LogP contribution in [0, 0.1) is 20.8 Å². The van der Waals surface area contributed by atoms with E-state index >= 15 is 0 Å². The van der Waals surface area contributed by atoms with Gasteiger partial charge in [0.15, 0.2) is 5.11 Å². The van der Waals surface area contributed by atoms with Crippen molar-refractivity contribution in [3.8, 4) is 5.69 Å². The third kappa shape index (κ3) is 4.08. The first-order chi connectivity index (χ1) is 16.4. The van der Waals surface area contributed by atoms with E-state index in [4.69, 9.17) is 23.8 Å². The summed E-state index contributed by atoms with van der Waals surface area (Å²) in [6.45, 7) is 7.11. The lowest BCUT2D eigenvalue weighted by Crippen LogP contribution is -2.29. The number of hydrogen-bond acceptors (Lipinski definition) is 3. The van der Waals surface area contributed by atoms with Gasteiger partial charge in [0.25, 0.3) is 0 Å². The van der Waals surface area contributed by atoms with Gasteiger partial charge in [-0.05, 0) is 92.1 Å². The normalized spacial score (nSPS) is 17.8. The van der Waals surface area contributed by atoms with E-state index in [2.05, 4.69) is 63.7 Å². The SMILES string of the molecule is Cc1ccc(Cl)cc1-n1c(C)cc(C2C(c3ccccn3)NC(=S)N2Cc2ccncc2)c1C. The Morgan fingerprint density at radius 2 is 1.79 bits per heavy atom. The van der Waals surface area contributed by atoms with Crippen LogP contribution in [0.5, 0.6) is 0 Å². The van der Waals surface area contributed by atoms with E-state index in [-0.39, 0.29) is 12.1 Å². The molecule has 0 saturated carbocycles. The quantitative estimate of drug-likeness (QED) is 0.349. The van der Waals surface area contributed by atoms with Crippen molar-refractivity contribution in [3.05, 3.63) is 112 Å². The Morgan fingerprint density at radius 1 is 1.00 bits per heavy atom. The van der Waals surface area contributed by atoms with Crippen LogP contribution in [0.1, 0.15) is 45.9 Å². The number of hydrogen-bond donors (Lipinski definition) is 1. The lowest BCUT2D eigenvalue weighted by atomic mass is 9.96. The molecule has 1 aromatic carbocycles. The fourth-order valence-corrected chi connectivity index (χ4v) is 5.35. The molecule has 1 aliphatic heterocycles. The Hall–Kier alpha value is -3.22. The first-order valence-electron chi connectivity index (χ1n) is 11.3. The highest BCUT2D eigenvalue weighted by atomic mass is 35.5. The summed E-state index contributed by atoms with van der Waals surface area (Å²) in [5.74, 6) is 0. The number of thiocarbonyl (C=S) groups is 1. The molecule has 1 fully saturated rings. The van der Waals surface area contributed by atoms with Gasteiger partial charge in [-0.25, -0.2) is 0 Å². The van der Waals surface area contributed by atoms with Crippen molar-refractivity contribution in [2.24, 2.45) is 0 Å². The van der Waals surface area contributed by atoms with E-state index in [0.717, 1.165) is 32.8 Å². The number of nitrogens with zero attached hydrogens (tertiary/aromatic N) is 4. The Bertz CT molecular complexity index is 1340. The second-order valence-corrected chi connectivity index (χ2v) is 9.53. The van der Waals surface area contributed by atoms with E-state index in [1.165, 1.54) is 16.8 Å². The molecular weight excluding hydrogens is 462 g/mol. The van der Waals surface area contributed by atoms with Crippen LogP contribution < -0.4 is 5.32 Å². The minimum atomic E-state index is -0.0649. The van der Waals surface area contributed by atoms with E-state index in [0.29, 0.717) is 6.54 Å². The van der Waals surface area contributed by atoms with Crippen molar-refractivity contribution >= 4 is 28.9 Å². The summed E-state index contributed by atoms with van der Waals surface area (Å²) < 4.78 is 2.29. The number of pyridine rings is 2. The maximum atomic E-state index is 6.38. The number of aromatic nitrogens is 3. The molecule has 34 heavy (non-hydrogen) atoms. The van der Waals surface area contributed by atoms with Gasteiger partial charge in [0.05, 0.1) is 17.8 Å². The van der Waals surface area contributed by atoms with Gasteiger partial charge in [-0.2, -0.15) is 0 Å². The molecule has 2 atom stereocenters. The second kappa shape index (κ2) is 9.20. The van der Waals surface area contributed by atoms with Gasteiger partial charge >= 0.3 is 0 Å². The number of benzene rings is 1. The predicted octanol–water partition coefficient (Wildman–Crippen LogP) is 6.02. The lowest BCUT2D eigenvalue weighted by Gasteiger charge is -2.28. The van der Waals surface area contributed by atoms with Crippen molar-refractivity contribution in [1.29, 1.82) is 0 Å². The summed E-state index contributed by atoms with van der Waals surface area (Å²) in [4.78, 5) is 11.1. The molecule has 4 aromatic rings. The van der Waals surface area contributed by atoms with Gasteiger partial charge in [-0.1, -0.05) is 23.7 Å². The predicted molar refractivity (Wildman–Crippen MR) is 140 cm³/mol. The van der Waals surface area contributed by atoms with Gasteiger partial charge < -0.3 is 14.8 Å². The van der Waals surface area contributed by atoms with Crippen LogP contribution >= 0.6 is 23.8 Å². The molecule has 0 bridgehead atoms. The van der Waals surface area contributed by atoms with Crippen LogP contribution in [0.3, 0.4) is 0 Å². The Labute approximate surface area is 210 Å². The average molecular weight is 488 g/mol. The molecule has 0 aliphatic carbocycles. The van der Waals surface area contributed by atoms with E-state index in [9.17, 15) is 0 Å². The van der Waals surface area contributed by atoms with Crippen LogP contribution in [-0.2, 0) is 6.54 Å². The van der Waals surface area contributed by atoms with Crippen molar-refractivity contribution in [2.45, 2.75) is 39.4 Å². The second-order valence-electron chi connectivity index (χ2n) is 8.70. The summed E-state index contributed by atoms with van der Waals surface area (Å²) in [6, 6.07) is 18.3. The van der Waals surface area contributed by atoms with E-state index in [1.807, 2.05) is 55.0 Å². The smallest absolute Gasteiger partial charge is 0.170 e. The summed E-state index contributed by atoms with van der Waals surface area (Å²) >= 11 is 12.2. The third-order valence-electron chi connectivity index (χ3n) is 6.50. The van der Waals surface area contributed by atoms with Crippen molar-refractivity contribution in [2.75, 3.05) is 0 Å². The molecule has 0 amide bonds. The number of rotatable bonds is 5. The molecule has 7 heteroatoms. The number of aryl methyl sites for hydroxylation is 2. The minimum Gasteiger partial charge on any atom is -0.352 e. The maximum absolute atomic E-state index is 6.38. The zero-order chi connectivity index (χ0) is 23.8.